The summed E-state index contributed by atoms with van der Waals surface area (Å²) in [7, 11) is 0. The van der Waals surface area contributed by atoms with Crippen molar-refractivity contribution in [1.29, 1.82) is 0 Å². The largest absolute Gasteiger partial charge is 0.394 e. The lowest BCUT2D eigenvalue weighted by atomic mass is 10.2. The summed E-state index contributed by atoms with van der Waals surface area (Å²) < 4.78 is 5.59. The lowest BCUT2D eigenvalue weighted by Crippen LogP contribution is -2.48. The first-order valence-electron chi connectivity index (χ1n) is 5.63. The average molecular weight is 222 g/mol. The van der Waals surface area contributed by atoms with Crippen LogP contribution in [0.3, 0.4) is 0 Å². The van der Waals surface area contributed by atoms with Crippen molar-refractivity contribution >= 4 is 5.82 Å². The molecule has 1 aromatic heterocycles. The molecule has 1 fully saturated rings. The van der Waals surface area contributed by atoms with E-state index in [0.717, 1.165) is 17.9 Å². The van der Waals surface area contributed by atoms with Crippen LogP contribution < -0.4 is 4.90 Å². The first-order chi connectivity index (χ1) is 7.69. The molecular weight excluding hydrogens is 204 g/mol. The Morgan fingerprint density at radius 3 is 2.94 bits per heavy atom. The van der Waals surface area contributed by atoms with E-state index in [4.69, 9.17) is 9.84 Å². The predicted octanol–water partition coefficient (Wildman–Crippen LogP) is 0.976. The summed E-state index contributed by atoms with van der Waals surface area (Å²) >= 11 is 0. The molecule has 0 radical (unpaired) electrons. The van der Waals surface area contributed by atoms with Gasteiger partial charge in [-0.05, 0) is 25.5 Å². The minimum absolute atomic E-state index is 0.0622. The number of morpholine rings is 1. The van der Waals surface area contributed by atoms with Crippen LogP contribution in [0.1, 0.15) is 12.5 Å². The highest BCUT2D eigenvalue weighted by atomic mass is 16.5. The van der Waals surface area contributed by atoms with Crippen molar-refractivity contribution in [3.63, 3.8) is 0 Å². The molecule has 88 valence electrons. The smallest absolute Gasteiger partial charge is 0.128 e. The number of anilines is 1. The van der Waals surface area contributed by atoms with Gasteiger partial charge in [0.15, 0.2) is 0 Å². The molecule has 0 aromatic carbocycles. The number of ether oxygens (including phenoxy) is 1. The maximum atomic E-state index is 9.15. The lowest BCUT2D eigenvalue weighted by molar-refractivity contribution is -0.0423. The molecule has 1 aromatic rings. The standard InChI is InChI=1S/C12H18N2O2/c1-9-3-4-12(13-5-9)14-6-10(2)16-11(7-14)8-15/h3-5,10-11,15H,6-8H2,1-2H3. The van der Waals surface area contributed by atoms with Gasteiger partial charge in [-0.15, -0.1) is 0 Å². The van der Waals surface area contributed by atoms with E-state index in [2.05, 4.69) is 16.0 Å². The number of hydrogen-bond acceptors (Lipinski definition) is 4. The summed E-state index contributed by atoms with van der Waals surface area (Å²) in [6.45, 7) is 5.63. The second kappa shape index (κ2) is 4.80. The van der Waals surface area contributed by atoms with E-state index >= 15 is 0 Å². The highest BCUT2D eigenvalue weighted by Crippen LogP contribution is 2.18. The van der Waals surface area contributed by atoms with Crippen LogP contribution in [0.5, 0.6) is 0 Å². The molecule has 0 bridgehead atoms. The van der Waals surface area contributed by atoms with Gasteiger partial charge in [-0.3, -0.25) is 0 Å². The Labute approximate surface area is 95.9 Å². The fraction of sp³-hybridized carbons (Fsp3) is 0.583. The highest BCUT2D eigenvalue weighted by molar-refractivity contribution is 5.40. The van der Waals surface area contributed by atoms with Gasteiger partial charge in [0.2, 0.25) is 0 Å². The minimum Gasteiger partial charge on any atom is -0.394 e. The van der Waals surface area contributed by atoms with Gasteiger partial charge in [0.05, 0.1) is 18.8 Å². The highest BCUT2D eigenvalue weighted by Gasteiger charge is 2.25. The SMILES string of the molecule is Cc1ccc(N2CC(C)OC(CO)C2)nc1. The summed E-state index contributed by atoms with van der Waals surface area (Å²) in [5, 5.41) is 9.15. The van der Waals surface area contributed by atoms with Crippen LogP contribution in [0.4, 0.5) is 5.82 Å². The Balaban J connectivity index is 2.11. The molecule has 4 heteroatoms. The Bertz CT molecular complexity index is 339. The maximum absolute atomic E-state index is 9.15. The summed E-state index contributed by atoms with van der Waals surface area (Å²) in [5.74, 6) is 0.958. The Morgan fingerprint density at radius 1 is 1.50 bits per heavy atom. The van der Waals surface area contributed by atoms with Gasteiger partial charge in [-0.1, -0.05) is 6.07 Å². The second-order valence-corrected chi connectivity index (χ2v) is 4.35. The second-order valence-electron chi connectivity index (χ2n) is 4.35. The summed E-state index contributed by atoms with van der Waals surface area (Å²) in [4.78, 5) is 6.56. The zero-order valence-corrected chi connectivity index (χ0v) is 9.76. The minimum atomic E-state index is -0.105. The van der Waals surface area contributed by atoms with E-state index in [1.165, 1.54) is 0 Å². The van der Waals surface area contributed by atoms with E-state index in [9.17, 15) is 0 Å². The molecule has 0 saturated carbocycles. The predicted molar refractivity (Wildman–Crippen MR) is 62.6 cm³/mol. The Morgan fingerprint density at radius 2 is 2.31 bits per heavy atom. The van der Waals surface area contributed by atoms with Gasteiger partial charge in [0.25, 0.3) is 0 Å². The number of aromatic nitrogens is 1. The number of nitrogens with zero attached hydrogens (tertiary/aromatic N) is 2. The molecular formula is C12H18N2O2. The molecule has 16 heavy (non-hydrogen) atoms. The van der Waals surface area contributed by atoms with Crippen LogP contribution >= 0.6 is 0 Å². The van der Waals surface area contributed by atoms with Crippen molar-refractivity contribution in [2.75, 3.05) is 24.6 Å². The lowest BCUT2D eigenvalue weighted by Gasteiger charge is -2.36. The van der Waals surface area contributed by atoms with Crippen molar-refractivity contribution in [3.8, 4) is 0 Å². The van der Waals surface area contributed by atoms with E-state index < -0.39 is 0 Å². The third kappa shape index (κ3) is 2.51. The normalized spacial score (nSPS) is 25.8. The van der Waals surface area contributed by atoms with Crippen molar-refractivity contribution in [1.82, 2.24) is 4.98 Å². The molecule has 2 atom stereocenters. The molecule has 2 rings (SSSR count). The fourth-order valence-corrected chi connectivity index (χ4v) is 1.98. The molecule has 0 amide bonds. The topological polar surface area (TPSA) is 45.6 Å². The zero-order valence-electron chi connectivity index (χ0n) is 9.76. The number of pyridine rings is 1. The number of hydrogen-bond donors (Lipinski definition) is 1. The van der Waals surface area contributed by atoms with E-state index in [0.29, 0.717) is 6.54 Å². The van der Waals surface area contributed by atoms with Crippen LogP contribution in [0, 0.1) is 6.92 Å². The van der Waals surface area contributed by atoms with Crippen molar-refractivity contribution in [3.05, 3.63) is 23.9 Å². The molecule has 0 aliphatic carbocycles. The van der Waals surface area contributed by atoms with Gasteiger partial charge in [-0.2, -0.15) is 0 Å². The van der Waals surface area contributed by atoms with Crippen LogP contribution in [-0.2, 0) is 4.74 Å². The number of rotatable bonds is 2. The maximum Gasteiger partial charge on any atom is 0.128 e. The van der Waals surface area contributed by atoms with Gasteiger partial charge in [0, 0.05) is 19.3 Å². The van der Waals surface area contributed by atoms with Gasteiger partial charge in [0.1, 0.15) is 5.82 Å². The van der Waals surface area contributed by atoms with Gasteiger partial charge in [-0.25, -0.2) is 4.98 Å². The first kappa shape index (κ1) is 11.4. The van der Waals surface area contributed by atoms with Crippen LogP contribution in [0.25, 0.3) is 0 Å². The third-order valence-electron chi connectivity index (χ3n) is 2.75. The van der Waals surface area contributed by atoms with Crippen molar-refractivity contribution in [2.45, 2.75) is 26.1 Å². The number of aliphatic hydroxyl groups is 1. The summed E-state index contributed by atoms with van der Waals surface area (Å²) in [5.41, 5.74) is 1.16. The third-order valence-corrected chi connectivity index (χ3v) is 2.75. The van der Waals surface area contributed by atoms with Crippen LogP contribution in [-0.4, -0.2) is 42.0 Å². The van der Waals surface area contributed by atoms with Crippen LogP contribution in [0.2, 0.25) is 0 Å². The number of aliphatic hydroxyl groups excluding tert-OH is 1. The monoisotopic (exact) mass is 222 g/mol. The molecule has 1 N–H and O–H groups in total. The molecule has 0 spiro atoms. The molecule has 4 nitrogen and oxygen atoms in total. The Kier molecular flexibility index (Phi) is 3.41. The first-order valence-corrected chi connectivity index (χ1v) is 5.63. The van der Waals surface area contributed by atoms with Gasteiger partial charge < -0.3 is 14.7 Å². The van der Waals surface area contributed by atoms with Gasteiger partial charge >= 0.3 is 0 Å². The molecule has 2 heterocycles. The zero-order chi connectivity index (χ0) is 11.5. The molecule has 1 aliphatic heterocycles. The van der Waals surface area contributed by atoms with Crippen LogP contribution in [0.15, 0.2) is 18.3 Å². The molecule has 1 aliphatic rings. The van der Waals surface area contributed by atoms with Crippen molar-refractivity contribution < 1.29 is 9.84 Å². The summed E-state index contributed by atoms with van der Waals surface area (Å²) in [6.07, 6.45) is 1.89. The fourth-order valence-electron chi connectivity index (χ4n) is 1.98. The van der Waals surface area contributed by atoms with Crippen molar-refractivity contribution in [2.24, 2.45) is 0 Å². The van der Waals surface area contributed by atoms with E-state index in [1.807, 2.05) is 26.1 Å². The van der Waals surface area contributed by atoms with E-state index in [1.54, 1.807) is 0 Å². The molecule has 2 unspecified atom stereocenters. The summed E-state index contributed by atoms with van der Waals surface area (Å²) in [6, 6.07) is 4.07. The molecule has 1 saturated heterocycles. The number of aryl methyl sites for hydroxylation is 1. The average Bonchev–Trinajstić information content (AvgIpc) is 2.29. The quantitative estimate of drug-likeness (QED) is 0.810. The Hall–Kier alpha value is -1.13. The van der Waals surface area contributed by atoms with E-state index in [-0.39, 0.29) is 18.8 Å².